The summed E-state index contributed by atoms with van der Waals surface area (Å²) in [7, 11) is 0. The topological polar surface area (TPSA) is 49.8 Å². The fourth-order valence-corrected chi connectivity index (χ4v) is 2.55. The first-order valence-electron chi connectivity index (χ1n) is 6.36. The molecule has 0 amide bonds. The Bertz CT molecular complexity index is 610. The molecule has 0 spiro atoms. The second-order valence-electron chi connectivity index (χ2n) is 4.42. The van der Waals surface area contributed by atoms with Gasteiger partial charge in [-0.25, -0.2) is 9.97 Å². The highest BCUT2D eigenvalue weighted by molar-refractivity contribution is 7.08. The van der Waals surface area contributed by atoms with Crippen LogP contribution in [-0.4, -0.2) is 16.5 Å². The van der Waals surface area contributed by atoms with E-state index in [9.17, 15) is 13.2 Å². The monoisotopic (exact) mass is 316 g/mol. The van der Waals surface area contributed by atoms with Gasteiger partial charge in [-0.3, -0.25) is 0 Å². The Morgan fingerprint density at radius 3 is 2.33 bits per heavy atom. The number of rotatable bonds is 5. The van der Waals surface area contributed by atoms with E-state index in [0.29, 0.717) is 13.1 Å². The number of halogens is 3. The maximum Gasteiger partial charge on any atom is 0.451 e. The number of thiophene rings is 1. The number of anilines is 2. The Balaban J connectivity index is 2.21. The van der Waals surface area contributed by atoms with E-state index in [1.165, 1.54) is 6.07 Å². The predicted octanol–water partition coefficient (Wildman–Crippen LogP) is 3.91. The number of aromatic nitrogens is 2. The zero-order valence-electron chi connectivity index (χ0n) is 11.6. The van der Waals surface area contributed by atoms with Gasteiger partial charge in [0.2, 0.25) is 5.82 Å². The van der Waals surface area contributed by atoms with Crippen LogP contribution in [0.2, 0.25) is 0 Å². The van der Waals surface area contributed by atoms with Gasteiger partial charge in [0.15, 0.2) is 0 Å². The molecule has 0 radical (unpaired) electrons. The molecule has 0 fully saturated rings. The van der Waals surface area contributed by atoms with Crippen molar-refractivity contribution < 1.29 is 13.2 Å². The third-order valence-electron chi connectivity index (χ3n) is 2.76. The van der Waals surface area contributed by atoms with E-state index in [1.807, 2.05) is 17.7 Å². The van der Waals surface area contributed by atoms with Gasteiger partial charge < -0.3 is 10.6 Å². The van der Waals surface area contributed by atoms with Gasteiger partial charge in [0.1, 0.15) is 11.6 Å². The van der Waals surface area contributed by atoms with Gasteiger partial charge in [0.25, 0.3) is 0 Å². The molecule has 2 N–H and O–H groups in total. The number of hydrogen-bond acceptors (Lipinski definition) is 5. The van der Waals surface area contributed by atoms with Crippen molar-refractivity contribution in [2.24, 2.45) is 0 Å². The van der Waals surface area contributed by atoms with Gasteiger partial charge in [-0.05, 0) is 35.7 Å². The fraction of sp³-hybridized carbons (Fsp3) is 0.385. The first kappa shape index (κ1) is 15.6. The van der Waals surface area contributed by atoms with Crippen molar-refractivity contribution in [1.82, 2.24) is 9.97 Å². The Kier molecular flexibility index (Phi) is 4.66. The smallest absolute Gasteiger partial charge is 0.370 e. The number of nitrogens with one attached hydrogen (secondary N) is 2. The Morgan fingerprint density at radius 1 is 1.14 bits per heavy atom. The van der Waals surface area contributed by atoms with Crippen molar-refractivity contribution in [2.75, 3.05) is 17.2 Å². The summed E-state index contributed by atoms with van der Waals surface area (Å²) in [5.74, 6) is -0.839. The van der Waals surface area contributed by atoms with Crippen LogP contribution in [-0.2, 0) is 12.7 Å². The van der Waals surface area contributed by atoms with E-state index >= 15 is 0 Å². The summed E-state index contributed by atoms with van der Waals surface area (Å²) >= 11 is 1.55. The zero-order valence-corrected chi connectivity index (χ0v) is 12.4. The summed E-state index contributed by atoms with van der Waals surface area (Å²) in [6.45, 7) is 4.66. The van der Waals surface area contributed by atoms with Crippen molar-refractivity contribution in [1.29, 1.82) is 0 Å². The summed E-state index contributed by atoms with van der Waals surface area (Å²) in [5.41, 5.74) is 2.14. The minimum atomic E-state index is -4.57. The SMILES string of the molecule is CCNc1cc(NCc2cscc2C)nc(C(F)(F)F)n1. The van der Waals surface area contributed by atoms with E-state index in [2.05, 4.69) is 20.6 Å². The largest absolute Gasteiger partial charge is 0.451 e. The molecular formula is C13H15F3N4S. The molecule has 0 aliphatic rings. The quantitative estimate of drug-likeness (QED) is 0.878. The van der Waals surface area contributed by atoms with Crippen LogP contribution in [0.25, 0.3) is 0 Å². The molecule has 114 valence electrons. The molecule has 2 rings (SSSR count). The number of alkyl halides is 3. The Morgan fingerprint density at radius 2 is 1.81 bits per heavy atom. The molecule has 0 saturated carbocycles. The molecule has 2 aromatic rings. The number of aryl methyl sites for hydroxylation is 1. The minimum Gasteiger partial charge on any atom is -0.370 e. The third-order valence-corrected chi connectivity index (χ3v) is 3.67. The third kappa shape index (κ3) is 4.07. The van der Waals surface area contributed by atoms with Crippen molar-refractivity contribution in [3.63, 3.8) is 0 Å². The normalized spacial score (nSPS) is 11.5. The van der Waals surface area contributed by atoms with Crippen molar-refractivity contribution in [2.45, 2.75) is 26.6 Å². The van der Waals surface area contributed by atoms with Crippen LogP contribution >= 0.6 is 11.3 Å². The average Bonchev–Trinajstić information content (AvgIpc) is 2.81. The average molecular weight is 316 g/mol. The Labute approximate surface area is 124 Å². The predicted molar refractivity (Wildman–Crippen MR) is 77.6 cm³/mol. The molecule has 2 aromatic heterocycles. The van der Waals surface area contributed by atoms with Gasteiger partial charge in [-0.2, -0.15) is 24.5 Å². The molecular weight excluding hydrogens is 301 g/mol. The van der Waals surface area contributed by atoms with E-state index in [4.69, 9.17) is 0 Å². The molecule has 2 heterocycles. The first-order chi connectivity index (χ1) is 9.90. The Hall–Kier alpha value is -1.83. The van der Waals surface area contributed by atoms with E-state index in [0.717, 1.165) is 11.1 Å². The second-order valence-corrected chi connectivity index (χ2v) is 5.17. The lowest BCUT2D eigenvalue weighted by Crippen LogP contribution is -2.15. The lowest BCUT2D eigenvalue weighted by Gasteiger charge is -2.12. The maximum atomic E-state index is 12.8. The van der Waals surface area contributed by atoms with Crippen LogP contribution < -0.4 is 10.6 Å². The molecule has 0 aliphatic carbocycles. The van der Waals surface area contributed by atoms with E-state index in [1.54, 1.807) is 18.3 Å². The molecule has 8 heteroatoms. The van der Waals surface area contributed by atoms with Crippen molar-refractivity contribution in [3.05, 3.63) is 33.8 Å². The van der Waals surface area contributed by atoms with Crippen LogP contribution in [0.1, 0.15) is 23.9 Å². The van der Waals surface area contributed by atoms with Crippen molar-refractivity contribution >= 4 is 23.0 Å². The molecule has 0 aliphatic heterocycles. The number of nitrogens with zero attached hydrogens (tertiary/aromatic N) is 2. The highest BCUT2D eigenvalue weighted by Crippen LogP contribution is 2.28. The molecule has 0 aromatic carbocycles. The molecule has 0 atom stereocenters. The molecule has 21 heavy (non-hydrogen) atoms. The molecule has 0 unspecified atom stereocenters. The van der Waals surface area contributed by atoms with Crippen LogP contribution in [0.3, 0.4) is 0 Å². The summed E-state index contributed by atoms with van der Waals surface area (Å²) in [6.07, 6.45) is -4.57. The van der Waals surface area contributed by atoms with Crippen molar-refractivity contribution in [3.8, 4) is 0 Å². The van der Waals surface area contributed by atoms with Gasteiger partial charge >= 0.3 is 6.18 Å². The van der Waals surface area contributed by atoms with Gasteiger partial charge in [-0.1, -0.05) is 0 Å². The summed E-state index contributed by atoms with van der Waals surface area (Å²) in [5, 5.41) is 9.64. The molecule has 4 nitrogen and oxygen atoms in total. The van der Waals surface area contributed by atoms with Gasteiger partial charge in [0, 0.05) is 19.2 Å². The maximum absolute atomic E-state index is 12.8. The lowest BCUT2D eigenvalue weighted by molar-refractivity contribution is -0.144. The lowest BCUT2D eigenvalue weighted by atomic mass is 10.2. The second kappa shape index (κ2) is 6.30. The summed E-state index contributed by atoms with van der Waals surface area (Å²) < 4.78 is 38.4. The first-order valence-corrected chi connectivity index (χ1v) is 7.30. The molecule has 0 bridgehead atoms. The number of hydrogen-bond donors (Lipinski definition) is 2. The van der Waals surface area contributed by atoms with Crippen LogP contribution in [0.4, 0.5) is 24.8 Å². The fourth-order valence-electron chi connectivity index (χ4n) is 1.69. The zero-order chi connectivity index (χ0) is 15.5. The van der Waals surface area contributed by atoms with Crippen LogP contribution in [0.5, 0.6) is 0 Å². The van der Waals surface area contributed by atoms with Crippen LogP contribution in [0.15, 0.2) is 16.8 Å². The van der Waals surface area contributed by atoms with E-state index in [-0.39, 0.29) is 11.6 Å². The molecule has 0 saturated heterocycles. The van der Waals surface area contributed by atoms with E-state index < -0.39 is 12.0 Å². The van der Waals surface area contributed by atoms with Gasteiger partial charge in [0.05, 0.1) is 0 Å². The van der Waals surface area contributed by atoms with Gasteiger partial charge in [-0.15, -0.1) is 0 Å². The minimum absolute atomic E-state index is 0.152. The summed E-state index contributed by atoms with van der Waals surface area (Å²) in [4.78, 5) is 7.00. The standard InChI is InChI=1S/C13H15F3N4S/c1-3-17-10-4-11(20-12(19-10)13(14,15)16)18-5-9-7-21-6-8(9)2/h4,6-7H,3,5H2,1-2H3,(H2,17,18,19,20). The highest BCUT2D eigenvalue weighted by atomic mass is 32.1. The van der Waals surface area contributed by atoms with Crippen LogP contribution in [0, 0.1) is 6.92 Å². The highest BCUT2D eigenvalue weighted by Gasteiger charge is 2.35. The summed E-state index contributed by atoms with van der Waals surface area (Å²) in [6, 6.07) is 1.47.